The first-order chi connectivity index (χ1) is 13.8. The van der Waals surface area contributed by atoms with Crippen LogP contribution < -0.4 is 10.9 Å². The average Bonchev–Trinajstić information content (AvgIpc) is 3.25. The molecular formula is C21H16N4O3S. The molecule has 1 atom stereocenters. The van der Waals surface area contributed by atoms with E-state index in [0.29, 0.717) is 16.9 Å². The van der Waals surface area contributed by atoms with Crippen LogP contribution in [0.2, 0.25) is 0 Å². The predicted octanol–water partition coefficient (Wildman–Crippen LogP) is 2.47. The second-order valence-corrected chi connectivity index (χ2v) is 8.56. The van der Waals surface area contributed by atoms with E-state index in [-0.39, 0.29) is 4.90 Å². The van der Waals surface area contributed by atoms with Crippen molar-refractivity contribution in [3.63, 3.8) is 0 Å². The molecule has 29 heavy (non-hydrogen) atoms. The van der Waals surface area contributed by atoms with Gasteiger partial charge in [-0.25, -0.2) is 18.5 Å². The zero-order valence-electron chi connectivity index (χ0n) is 15.1. The second-order valence-electron chi connectivity index (χ2n) is 7.00. The average molecular weight is 404 g/mol. The van der Waals surface area contributed by atoms with Crippen LogP contribution in [0.1, 0.15) is 17.0 Å². The summed E-state index contributed by atoms with van der Waals surface area (Å²) in [6, 6.07) is 17.8. The van der Waals surface area contributed by atoms with Gasteiger partial charge < -0.3 is 10.7 Å². The number of benzene rings is 3. The van der Waals surface area contributed by atoms with Crippen LogP contribution in [0.4, 0.5) is 0 Å². The Morgan fingerprint density at radius 2 is 1.69 bits per heavy atom. The van der Waals surface area contributed by atoms with Crippen LogP contribution in [0.15, 0.2) is 65.6 Å². The van der Waals surface area contributed by atoms with Crippen molar-refractivity contribution in [3.8, 4) is 22.5 Å². The van der Waals surface area contributed by atoms with E-state index in [2.05, 4.69) is 9.97 Å². The first-order valence-corrected chi connectivity index (χ1v) is 10.4. The third-order valence-electron chi connectivity index (χ3n) is 5.27. The van der Waals surface area contributed by atoms with Crippen LogP contribution in [-0.4, -0.2) is 24.3 Å². The molecule has 0 aliphatic heterocycles. The maximum absolute atomic E-state index is 12.2. The Kier molecular flexibility index (Phi) is 3.64. The van der Waals surface area contributed by atoms with E-state index in [1.165, 1.54) is 12.1 Å². The molecule has 0 fully saturated rings. The molecule has 5 rings (SSSR count). The predicted molar refractivity (Wildman–Crippen MR) is 109 cm³/mol. The maximum Gasteiger partial charge on any atom is 0.238 e. The van der Waals surface area contributed by atoms with E-state index >= 15 is 0 Å². The summed E-state index contributed by atoms with van der Waals surface area (Å²) in [6.45, 7) is 0. The summed E-state index contributed by atoms with van der Waals surface area (Å²) in [4.78, 5) is 20.0. The molecule has 0 saturated carbocycles. The lowest BCUT2D eigenvalue weighted by molar-refractivity contribution is -0.118. The summed E-state index contributed by atoms with van der Waals surface area (Å²) in [5.41, 5.74) is 11.2. The number of fused-ring (bicyclic) bond motifs is 4. The minimum atomic E-state index is -3.82. The molecule has 0 radical (unpaired) electrons. The highest BCUT2D eigenvalue weighted by atomic mass is 32.2. The second kappa shape index (κ2) is 6.00. The van der Waals surface area contributed by atoms with Gasteiger partial charge in [-0.05, 0) is 40.5 Å². The highest BCUT2D eigenvalue weighted by Gasteiger charge is 2.34. The molecule has 1 aromatic heterocycles. The highest BCUT2D eigenvalue weighted by molar-refractivity contribution is 7.89. The molecule has 0 saturated heterocycles. The molecule has 4 aromatic rings. The normalized spacial score (nSPS) is 15.3. The van der Waals surface area contributed by atoms with Gasteiger partial charge in [0, 0.05) is 5.56 Å². The number of nitrogens with one attached hydrogen (secondary N) is 1. The number of hydrogen-bond donors (Lipinski definition) is 3. The number of aromatic amines is 1. The number of nitrogens with zero attached hydrogens (tertiary/aromatic N) is 1. The first kappa shape index (κ1) is 17.6. The summed E-state index contributed by atoms with van der Waals surface area (Å²) in [5, 5.41) is 5.23. The number of primary amides is 1. The molecule has 3 aromatic carbocycles. The van der Waals surface area contributed by atoms with E-state index in [9.17, 15) is 13.2 Å². The monoisotopic (exact) mass is 404 g/mol. The van der Waals surface area contributed by atoms with Crippen LogP contribution >= 0.6 is 0 Å². The molecule has 0 spiro atoms. The van der Waals surface area contributed by atoms with Crippen LogP contribution in [-0.2, 0) is 14.8 Å². The fourth-order valence-electron chi connectivity index (χ4n) is 4.05. The molecule has 1 heterocycles. The SMILES string of the molecule is NC(=O)[C@@H]1c2ccccc2-c2c(-c3nc4ccc(S(N)(=O)=O)cc4[nH]3)cccc21. The van der Waals surface area contributed by atoms with Gasteiger partial charge in [0.2, 0.25) is 15.9 Å². The van der Waals surface area contributed by atoms with E-state index in [4.69, 9.17) is 10.9 Å². The van der Waals surface area contributed by atoms with Gasteiger partial charge in [-0.1, -0.05) is 42.5 Å². The summed E-state index contributed by atoms with van der Waals surface area (Å²) < 4.78 is 23.3. The van der Waals surface area contributed by atoms with Crippen molar-refractivity contribution >= 4 is 27.0 Å². The molecule has 7 nitrogen and oxygen atoms in total. The third-order valence-corrected chi connectivity index (χ3v) is 6.18. The van der Waals surface area contributed by atoms with Gasteiger partial charge in [-0.2, -0.15) is 0 Å². The molecule has 1 aliphatic rings. The number of amides is 1. The molecule has 0 bridgehead atoms. The number of aromatic nitrogens is 2. The van der Waals surface area contributed by atoms with Gasteiger partial charge in [0.15, 0.2) is 0 Å². The summed E-state index contributed by atoms with van der Waals surface area (Å²) in [7, 11) is -3.82. The molecule has 0 unspecified atom stereocenters. The van der Waals surface area contributed by atoms with E-state index in [0.717, 1.165) is 27.8 Å². The lowest BCUT2D eigenvalue weighted by atomic mass is 9.95. The number of imidazole rings is 1. The summed E-state index contributed by atoms with van der Waals surface area (Å²) >= 11 is 0. The van der Waals surface area contributed by atoms with Gasteiger partial charge in [0.1, 0.15) is 5.82 Å². The van der Waals surface area contributed by atoms with Gasteiger partial charge >= 0.3 is 0 Å². The van der Waals surface area contributed by atoms with Crippen LogP contribution in [0.3, 0.4) is 0 Å². The van der Waals surface area contributed by atoms with Crippen molar-refractivity contribution in [1.82, 2.24) is 9.97 Å². The fraction of sp³-hybridized carbons (Fsp3) is 0.0476. The quantitative estimate of drug-likeness (QED) is 0.484. The van der Waals surface area contributed by atoms with Crippen molar-refractivity contribution in [2.24, 2.45) is 10.9 Å². The number of nitrogens with two attached hydrogens (primary N) is 2. The van der Waals surface area contributed by atoms with Crippen molar-refractivity contribution in [2.45, 2.75) is 10.8 Å². The Hall–Kier alpha value is -3.49. The lowest BCUT2D eigenvalue weighted by Gasteiger charge is -2.09. The zero-order valence-corrected chi connectivity index (χ0v) is 15.9. The Bertz CT molecular complexity index is 1420. The smallest absolute Gasteiger partial charge is 0.238 e. The molecule has 1 amide bonds. The molecular weight excluding hydrogens is 388 g/mol. The number of H-pyrrole nitrogens is 1. The number of carbonyl (C=O) groups excluding carboxylic acids is 1. The fourth-order valence-corrected chi connectivity index (χ4v) is 4.59. The largest absolute Gasteiger partial charge is 0.369 e. The number of sulfonamides is 1. The Balaban J connectivity index is 1.75. The Labute approximate surface area is 166 Å². The number of rotatable bonds is 3. The minimum absolute atomic E-state index is 0.0117. The number of carbonyl (C=O) groups is 1. The Morgan fingerprint density at radius 3 is 2.45 bits per heavy atom. The maximum atomic E-state index is 12.2. The van der Waals surface area contributed by atoms with Crippen LogP contribution in [0, 0.1) is 0 Å². The summed E-state index contributed by atoms with van der Waals surface area (Å²) in [6.07, 6.45) is 0. The minimum Gasteiger partial charge on any atom is -0.369 e. The molecule has 5 N–H and O–H groups in total. The van der Waals surface area contributed by atoms with Gasteiger partial charge in [-0.15, -0.1) is 0 Å². The lowest BCUT2D eigenvalue weighted by Crippen LogP contribution is -2.20. The molecule has 1 aliphatic carbocycles. The van der Waals surface area contributed by atoms with Gasteiger partial charge in [-0.3, -0.25) is 4.79 Å². The topological polar surface area (TPSA) is 132 Å². The van der Waals surface area contributed by atoms with E-state index in [1.807, 2.05) is 42.5 Å². The summed E-state index contributed by atoms with van der Waals surface area (Å²) in [5.74, 6) is -0.349. The van der Waals surface area contributed by atoms with Gasteiger partial charge in [0.05, 0.1) is 21.8 Å². The number of hydrogen-bond acceptors (Lipinski definition) is 4. The standard InChI is InChI=1S/C21H16N4O3S/c22-20(26)19-13-5-2-1-4-12(13)18-14(19)6-3-7-15(18)21-24-16-9-8-11(29(23,27)28)10-17(16)25-21/h1-10,19H,(H2,22,26)(H,24,25)(H2,23,27,28)/t19-/m1/s1. The van der Waals surface area contributed by atoms with Crippen molar-refractivity contribution in [1.29, 1.82) is 0 Å². The van der Waals surface area contributed by atoms with Gasteiger partial charge in [0.25, 0.3) is 0 Å². The first-order valence-electron chi connectivity index (χ1n) is 8.89. The molecule has 8 heteroatoms. The van der Waals surface area contributed by atoms with Crippen LogP contribution in [0.25, 0.3) is 33.5 Å². The highest BCUT2D eigenvalue weighted by Crippen LogP contribution is 2.48. The zero-order chi connectivity index (χ0) is 20.3. The van der Waals surface area contributed by atoms with E-state index < -0.39 is 21.8 Å². The van der Waals surface area contributed by atoms with Crippen molar-refractivity contribution < 1.29 is 13.2 Å². The molecule has 144 valence electrons. The van der Waals surface area contributed by atoms with Crippen molar-refractivity contribution in [2.75, 3.05) is 0 Å². The Morgan fingerprint density at radius 1 is 0.966 bits per heavy atom. The van der Waals surface area contributed by atoms with Crippen LogP contribution in [0.5, 0.6) is 0 Å². The van der Waals surface area contributed by atoms with E-state index in [1.54, 1.807) is 6.07 Å². The number of primary sulfonamides is 1. The third kappa shape index (κ3) is 2.65. The van der Waals surface area contributed by atoms with Crippen molar-refractivity contribution in [3.05, 3.63) is 71.8 Å².